The fraction of sp³-hybridized carbons (Fsp3) is 0.865. The molecule has 0 heterocycles. The van der Waals surface area contributed by atoms with Crippen LogP contribution in [0.1, 0.15) is 174 Å². The third-order valence-corrected chi connectivity index (χ3v) is 8.92. The molecule has 0 aromatic heterocycles. The maximum absolute atomic E-state index is 12.5. The second-order valence-electron chi connectivity index (χ2n) is 12.5. The highest BCUT2D eigenvalue weighted by atomic mass is 31.2. The molecule has 0 aliphatic carbocycles. The van der Waals surface area contributed by atoms with Crippen LogP contribution in [0.5, 0.6) is 0 Å². The Kier molecular flexibility index (Phi) is 34.2. The molecule has 3 N–H and O–H groups in total. The molecule has 272 valence electrons. The highest BCUT2D eigenvalue weighted by Crippen LogP contribution is 2.43. The van der Waals surface area contributed by atoms with Gasteiger partial charge >= 0.3 is 13.8 Å². The molecule has 0 saturated carbocycles. The number of nitrogens with two attached hydrogens (primary N) is 1. The maximum atomic E-state index is 12.5. The van der Waals surface area contributed by atoms with Crippen molar-refractivity contribution in [2.75, 3.05) is 26.4 Å². The first-order valence-electron chi connectivity index (χ1n) is 18.9. The van der Waals surface area contributed by atoms with E-state index in [4.69, 9.17) is 24.3 Å². The van der Waals surface area contributed by atoms with Gasteiger partial charge in [0.2, 0.25) is 0 Å². The van der Waals surface area contributed by atoms with Gasteiger partial charge in [0, 0.05) is 13.0 Å². The molecule has 0 aliphatic heterocycles. The fourth-order valence-electron chi connectivity index (χ4n) is 5.12. The van der Waals surface area contributed by atoms with E-state index in [9.17, 15) is 14.3 Å². The predicted octanol–water partition coefficient (Wildman–Crippen LogP) is 10.9. The highest BCUT2D eigenvalue weighted by molar-refractivity contribution is 7.47. The van der Waals surface area contributed by atoms with Gasteiger partial charge in [0.1, 0.15) is 6.61 Å². The minimum atomic E-state index is -4.28. The van der Waals surface area contributed by atoms with Gasteiger partial charge in [-0.05, 0) is 44.6 Å². The lowest BCUT2D eigenvalue weighted by Gasteiger charge is -2.19. The average molecular weight is 674 g/mol. The van der Waals surface area contributed by atoms with Crippen LogP contribution in [-0.4, -0.2) is 43.3 Å². The number of carbonyl (C=O) groups excluding carboxylic acids is 1. The van der Waals surface area contributed by atoms with Crippen molar-refractivity contribution in [3.63, 3.8) is 0 Å². The van der Waals surface area contributed by atoms with E-state index in [-0.39, 0.29) is 32.3 Å². The van der Waals surface area contributed by atoms with Gasteiger partial charge in [-0.2, -0.15) is 0 Å². The normalized spacial score (nSPS) is 13.8. The third-order valence-electron chi connectivity index (χ3n) is 7.94. The number of carbonyl (C=O) groups is 1. The molecule has 0 saturated heterocycles. The summed E-state index contributed by atoms with van der Waals surface area (Å²) in [6.45, 7) is 4.19. The lowest BCUT2D eigenvalue weighted by Crippen LogP contribution is -2.27. The zero-order chi connectivity index (χ0) is 33.8. The van der Waals surface area contributed by atoms with E-state index in [1.54, 1.807) is 6.26 Å². The summed E-state index contributed by atoms with van der Waals surface area (Å²) >= 11 is 0. The van der Waals surface area contributed by atoms with Gasteiger partial charge in [0.05, 0.1) is 19.5 Å². The zero-order valence-corrected chi connectivity index (χ0v) is 30.7. The van der Waals surface area contributed by atoms with Crippen LogP contribution < -0.4 is 5.73 Å². The number of allylic oxidation sites excluding steroid dienone is 3. The molecule has 0 bridgehead atoms. The van der Waals surface area contributed by atoms with Gasteiger partial charge in [-0.1, -0.05) is 142 Å². The number of phosphoric acid groups is 1. The van der Waals surface area contributed by atoms with Crippen molar-refractivity contribution in [3.8, 4) is 0 Å². The predicted molar refractivity (Wildman–Crippen MR) is 192 cm³/mol. The first-order chi connectivity index (χ1) is 22.4. The largest absolute Gasteiger partial charge is 0.498 e. The van der Waals surface area contributed by atoms with E-state index in [0.717, 1.165) is 44.9 Å². The van der Waals surface area contributed by atoms with Gasteiger partial charge in [0.15, 0.2) is 6.10 Å². The summed E-state index contributed by atoms with van der Waals surface area (Å²) in [7, 11) is -4.28. The van der Waals surface area contributed by atoms with Crippen molar-refractivity contribution in [2.45, 2.75) is 180 Å². The topological polar surface area (TPSA) is 117 Å². The Bertz CT molecular complexity index is 762. The molecule has 0 aliphatic rings. The standard InChI is InChI=1S/C37H72NO7P/c1-3-5-7-9-11-13-15-16-17-18-19-21-23-25-27-29-32-42-34-36(35-44-46(40,41)43-33-31-38)45-37(39)30-28-26-24-22-20-14-12-10-8-6-4-2/h10,12,29,32,36H,3-9,11,13-28,30-31,33-35,38H2,1-2H3,(H,40,41)/b12-10-,32-29-/t36-/m1/s1. The lowest BCUT2D eigenvalue weighted by atomic mass is 10.0. The first-order valence-corrected chi connectivity index (χ1v) is 20.4. The first kappa shape index (κ1) is 44.8. The van der Waals surface area contributed by atoms with Gasteiger partial charge in [0.25, 0.3) is 0 Å². The molecule has 0 aromatic rings. The Morgan fingerprint density at radius 3 is 1.67 bits per heavy atom. The molecule has 9 heteroatoms. The monoisotopic (exact) mass is 674 g/mol. The second kappa shape index (κ2) is 35.1. The molecule has 1 unspecified atom stereocenters. The SMILES string of the molecule is CCCC/C=C\CCCCCCCC(=O)O[C@H](CO/C=C\CCCCCCCCCCCCCCCC)COP(=O)(O)OCCN. The van der Waals surface area contributed by atoms with Crippen LogP contribution in [0.15, 0.2) is 24.5 Å². The molecule has 0 spiro atoms. The van der Waals surface area contributed by atoms with Crippen LogP contribution in [0.4, 0.5) is 0 Å². The van der Waals surface area contributed by atoms with Gasteiger partial charge in [-0.3, -0.25) is 13.8 Å². The molecular formula is C37H72NO7P. The van der Waals surface area contributed by atoms with E-state index < -0.39 is 13.9 Å². The summed E-state index contributed by atoms with van der Waals surface area (Å²) in [5.74, 6) is -0.363. The van der Waals surface area contributed by atoms with Crippen molar-refractivity contribution in [1.82, 2.24) is 0 Å². The van der Waals surface area contributed by atoms with E-state index in [1.165, 1.54) is 109 Å². The Morgan fingerprint density at radius 2 is 1.13 bits per heavy atom. The minimum absolute atomic E-state index is 0.0314. The lowest BCUT2D eigenvalue weighted by molar-refractivity contribution is -0.153. The minimum Gasteiger partial charge on any atom is -0.498 e. The summed E-state index contributed by atoms with van der Waals surface area (Å²) in [4.78, 5) is 22.3. The van der Waals surface area contributed by atoms with E-state index in [2.05, 4.69) is 26.0 Å². The average Bonchev–Trinajstić information content (AvgIpc) is 3.04. The number of phosphoric ester groups is 1. The van der Waals surface area contributed by atoms with E-state index >= 15 is 0 Å². The molecule has 2 atom stereocenters. The molecule has 0 aromatic carbocycles. The van der Waals surface area contributed by atoms with Crippen molar-refractivity contribution in [3.05, 3.63) is 24.5 Å². The summed E-state index contributed by atoms with van der Waals surface area (Å²) in [5, 5.41) is 0. The Morgan fingerprint density at radius 1 is 0.652 bits per heavy atom. The third kappa shape index (κ3) is 34.2. The van der Waals surface area contributed by atoms with Crippen LogP contribution in [0.25, 0.3) is 0 Å². The number of hydrogen-bond acceptors (Lipinski definition) is 7. The molecule has 8 nitrogen and oxygen atoms in total. The van der Waals surface area contributed by atoms with Crippen molar-refractivity contribution < 1.29 is 32.8 Å². The fourth-order valence-corrected chi connectivity index (χ4v) is 5.88. The Labute approximate surface area is 283 Å². The van der Waals surface area contributed by atoms with Crippen molar-refractivity contribution in [1.29, 1.82) is 0 Å². The van der Waals surface area contributed by atoms with Crippen LogP contribution in [0.3, 0.4) is 0 Å². The number of rotatable bonds is 36. The smallest absolute Gasteiger partial charge is 0.472 e. The van der Waals surface area contributed by atoms with E-state index in [0.29, 0.717) is 6.42 Å². The zero-order valence-electron chi connectivity index (χ0n) is 29.8. The number of esters is 1. The van der Waals surface area contributed by atoms with Gasteiger partial charge < -0.3 is 20.1 Å². The van der Waals surface area contributed by atoms with Gasteiger partial charge in [-0.25, -0.2) is 4.57 Å². The number of unbranched alkanes of at least 4 members (excludes halogenated alkanes) is 21. The highest BCUT2D eigenvalue weighted by Gasteiger charge is 2.25. The maximum Gasteiger partial charge on any atom is 0.472 e. The van der Waals surface area contributed by atoms with Crippen LogP contribution in [-0.2, 0) is 27.9 Å². The molecule has 0 fully saturated rings. The molecular weight excluding hydrogens is 601 g/mol. The van der Waals surface area contributed by atoms with Crippen molar-refractivity contribution >= 4 is 13.8 Å². The molecule has 0 radical (unpaired) electrons. The van der Waals surface area contributed by atoms with E-state index in [1.807, 2.05) is 6.08 Å². The van der Waals surface area contributed by atoms with Crippen molar-refractivity contribution in [2.24, 2.45) is 5.73 Å². The Hall–Kier alpha value is -1.18. The summed E-state index contributed by atoms with van der Waals surface area (Å²) in [6, 6.07) is 0. The van der Waals surface area contributed by atoms with Crippen LogP contribution in [0, 0.1) is 0 Å². The summed E-state index contributed by atoms with van der Waals surface area (Å²) < 4.78 is 33.0. The quantitative estimate of drug-likeness (QED) is 0.0222. The molecule has 0 amide bonds. The van der Waals surface area contributed by atoms with Crippen LogP contribution in [0.2, 0.25) is 0 Å². The molecule has 0 rings (SSSR count). The number of hydrogen-bond donors (Lipinski definition) is 2. The van der Waals surface area contributed by atoms with Crippen LogP contribution >= 0.6 is 7.82 Å². The Balaban J connectivity index is 4.12. The molecule has 46 heavy (non-hydrogen) atoms. The van der Waals surface area contributed by atoms with Gasteiger partial charge in [-0.15, -0.1) is 0 Å². The summed E-state index contributed by atoms with van der Waals surface area (Å²) in [5.41, 5.74) is 5.34. The second-order valence-corrected chi connectivity index (χ2v) is 14.0. The summed E-state index contributed by atoms with van der Waals surface area (Å²) in [6.07, 6.45) is 37.1. The number of ether oxygens (including phenoxy) is 2.